The number of hydrogen-bond donors (Lipinski definition) is 3. The van der Waals surface area contributed by atoms with Gasteiger partial charge in [0.15, 0.2) is 6.29 Å². The van der Waals surface area contributed by atoms with E-state index in [9.17, 15) is 10.2 Å². The molecule has 0 saturated heterocycles. The molecular formula is C14H22O3. The van der Waals surface area contributed by atoms with E-state index in [1.807, 2.05) is 0 Å². The van der Waals surface area contributed by atoms with Crippen LogP contribution >= 0.6 is 0 Å². The molecule has 0 amide bonds. The third kappa shape index (κ3) is 2.97. The highest BCUT2D eigenvalue weighted by molar-refractivity contribution is 5.19. The highest BCUT2D eigenvalue weighted by Gasteiger charge is 2.29. The summed E-state index contributed by atoms with van der Waals surface area (Å²) >= 11 is 0. The normalized spacial score (nSPS) is 30.1. The van der Waals surface area contributed by atoms with Crippen molar-refractivity contribution >= 4 is 0 Å². The Balaban J connectivity index is 2.06. The summed E-state index contributed by atoms with van der Waals surface area (Å²) in [4.78, 5) is 0. The maximum Gasteiger partial charge on any atom is 0.158 e. The average molecular weight is 238 g/mol. The lowest BCUT2D eigenvalue weighted by molar-refractivity contribution is -0.0789. The minimum Gasteiger partial charge on any atom is -0.392 e. The fraction of sp³-hybridized carbons (Fsp3) is 0.714. The molecule has 2 atom stereocenters. The Labute approximate surface area is 102 Å². The van der Waals surface area contributed by atoms with Crippen molar-refractivity contribution in [2.75, 3.05) is 6.61 Å². The molecule has 96 valence electrons. The Kier molecular flexibility index (Phi) is 4.37. The van der Waals surface area contributed by atoms with E-state index in [-0.39, 0.29) is 12.5 Å². The van der Waals surface area contributed by atoms with Crippen LogP contribution in [0.15, 0.2) is 23.3 Å². The second-order valence-corrected chi connectivity index (χ2v) is 5.15. The molecule has 0 radical (unpaired) electrons. The smallest absolute Gasteiger partial charge is 0.158 e. The van der Waals surface area contributed by atoms with Crippen LogP contribution in [0.5, 0.6) is 0 Å². The van der Waals surface area contributed by atoms with E-state index >= 15 is 0 Å². The minimum absolute atomic E-state index is 0.0715. The van der Waals surface area contributed by atoms with Gasteiger partial charge in [-0.05, 0) is 50.0 Å². The third-order valence-electron chi connectivity index (χ3n) is 4.07. The molecule has 0 heterocycles. The number of allylic oxidation sites excluding steroid dienone is 2. The Morgan fingerprint density at radius 1 is 1.24 bits per heavy atom. The molecule has 0 aromatic carbocycles. The summed E-state index contributed by atoms with van der Waals surface area (Å²) in [5.74, 6) is 0.371. The van der Waals surface area contributed by atoms with Gasteiger partial charge in [0.05, 0.1) is 6.61 Å². The molecule has 2 unspecified atom stereocenters. The molecule has 3 nitrogen and oxygen atoms in total. The van der Waals surface area contributed by atoms with Crippen molar-refractivity contribution in [3.05, 3.63) is 23.3 Å². The van der Waals surface area contributed by atoms with E-state index in [1.165, 1.54) is 5.57 Å². The van der Waals surface area contributed by atoms with Crippen LogP contribution in [0, 0.1) is 11.8 Å². The maximum atomic E-state index is 9.44. The summed E-state index contributed by atoms with van der Waals surface area (Å²) < 4.78 is 0. The molecule has 0 bridgehead atoms. The van der Waals surface area contributed by atoms with Gasteiger partial charge in [0, 0.05) is 5.92 Å². The number of aliphatic hydroxyl groups is 3. The number of rotatable bonds is 3. The van der Waals surface area contributed by atoms with Crippen molar-refractivity contribution in [3.8, 4) is 0 Å². The highest BCUT2D eigenvalue weighted by atomic mass is 16.5. The van der Waals surface area contributed by atoms with Crippen LogP contribution in [0.25, 0.3) is 0 Å². The molecule has 0 aliphatic heterocycles. The van der Waals surface area contributed by atoms with Crippen molar-refractivity contribution in [1.82, 2.24) is 0 Å². The van der Waals surface area contributed by atoms with E-state index in [4.69, 9.17) is 5.11 Å². The number of aliphatic hydroxyl groups excluding tert-OH is 2. The summed E-state index contributed by atoms with van der Waals surface area (Å²) in [6, 6.07) is 0. The molecule has 0 fully saturated rings. The minimum atomic E-state index is -1.22. The van der Waals surface area contributed by atoms with Crippen LogP contribution in [0.2, 0.25) is 0 Å². The molecule has 3 heteroatoms. The molecule has 0 aromatic heterocycles. The van der Waals surface area contributed by atoms with E-state index < -0.39 is 6.29 Å². The van der Waals surface area contributed by atoms with Gasteiger partial charge in [0.1, 0.15) is 0 Å². The SMILES string of the molecule is OCC1=CCC(C2=CCCCC2C(O)O)CC1. The summed E-state index contributed by atoms with van der Waals surface area (Å²) in [7, 11) is 0. The van der Waals surface area contributed by atoms with E-state index in [0.29, 0.717) is 5.92 Å². The molecule has 2 rings (SSSR count). The molecular weight excluding hydrogens is 216 g/mol. The number of hydrogen-bond acceptors (Lipinski definition) is 3. The van der Waals surface area contributed by atoms with Crippen molar-refractivity contribution in [2.45, 2.75) is 44.8 Å². The lowest BCUT2D eigenvalue weighted by atomic mass is 9.75. The fourth-order valence-corrected chi connectivity index (χ4v) is 3.05. The molecule has 17 heavy (non-hydrogen) atoms. The Morgan fingerprint density at radius 2 is 2.06 bits per heavy atom. The van der Waals surface area contributed by atoms with Crippen LogP contribution in [-0.2, 0) is 0 Å². The van der Waals surface area contributed by atoms with E-state index in [1.54, 1.807) is 0 Å². The van der Waals surface area contributed by atoms with Crippen molar-refractivity contribution in [2.24, 2.45) is 11.8 Å². The van der Waals surface area contributed by atoms with Crippen LogP contribution in [0.4, 0.5) is 0 Å². The second-order valence-electron chi connectivity index (χ2n) is 5.15. The predicted molar refractivity (Wildman–Crippen MR) is 66.2 cm³/mol. The monoisotopic (exact) mass is 238 g/mol. The second kappa shape index (κ2) is 5.80. The predicted octanol–water partition coefficient (Wildman–Crippen LogP) is 1.74. The van der Waals surface area contributed by atoms with Gasteiger partial charge in [0.2, 0.25) is 0 Å². The van der Waals surface area contributed by atoms with Crippen molar-refractivity contribution < 1.29 is 15.3 Å². The average Bonchev–Trinajstić information content (AvgIpc) is 2.39. The third-order valence-corrected chi connectivity index (χ3v) is 4.07. The van der Waals surface area contributed by atoms with Gasteiger partial charge in [-0.15, -0.1) is 0 Å². The van der Waals surface area contributed by atoms with Crippen LogP contribution < -0.4 is 0 Å². The van der Waals surface area contributed by atoms with Gasteiger partial charge in [-0.1, -0.05) is 17.7 Å². The highest BCUT2D eigenvalue weighted by Crippen LogP contribution is 2.38. The largest absolute Gasteiger partial charge is 0.392 e. The maximum absolute atomic E-state index is 9.44. The van der Waals surface area contributed by atoms with Gasteiger partial charge in [-0.3, -0.25) is 0 Å². The van der Waals surface area contributed by atoms with Crippen LogP contribution in [-0.4, -0.2) is 28.2 Å². The van der Waals surface area contributed by atoms with Gasteiger partial charge < -0.3 is 15.3 Å². The molecule has 2 aliphatic carbocycles. The summed E-state index contributed by atoms with van der Waals surface area (Å²) in [6.07, 6.45) is 9.00. The zero-order chi connectivity index (χ0) is 12.3. The van der Waals surface area contributed by atoms with Crippen LogP contribution in [0.3, 0.4) is 0 Å². The fourth-order valence-electron chi connectivity index (χ4n) is 3.05. The molecule has 0 aromatic rings. The Bertz CT molecular complexity index is 317. The first-order chi connectivity index (χ1) is 8.22. The summed E-state index contributed by atoms with van der Waals surface area (Å²) in [6.45, 7) is 0.165. The Morgan fingerprint density at radius 3 is 2.65 bits per heavy atom. The van der Waals surface area contributed by atoms with Gasteiger partial charge in [0.25, 0.3) is 0 Å². The zero-order valence-corrected chi connectivity index (χ0v) is 10.2. The van der Waals surface area contributed by atoms with E-state index in [2.05, 4.69) is 12.2 Å². The first-order valence-electron chi connectivity index (χ1n) is 6.57. The molecule has 3 N–H and O–H groups in total. The zero-order valence-electron chi connectivity index (χ0n) is 10.2. The lowest BCUT2D eigenvalue weighted by Gasteiger charge is -2.33. The molecule has 0 saturated carbocycles. The topological polar surface area (TPSA) is 60.7 Å². The summed E-state index contributed by atoms with van der Waals surface area (Å²) in [5.41, 5.74) is 2.36. The quantitative estimate of drug-likeness (QED) is 0.518. The van der Waals surface area contributed by atoms with Crippen molar-refractivity contribution in [3.63, 3.8) is 0 Å². The standard InChI is InChI=1S/C14H22O3/c15-9-10-5-7-11(8-6-10)12-3-1-2-4-13(12)14(16)17/h3,5,11,13-17H,1-2,4,6-9H2. The molecule has 2 aliphatic rings. The van der Waals surface area contributed by atoms with Crippen molar-refractivity contribution in [1.29, 1.82) is 0 Å². The van der Waals surface area contributed by atoms with Crippen LogP contribution in [0.1, 0.15) is 38.5 Å². The molecule has 0 spiro atoms. The van der Waals surface area contributed by atoms with Gasteiger partial charge in [-0.25, -0.2) is 0 Å². The first-order valence-corrected chi connectivity index (χ1v) is 6.57. The summed E-state index contributed by atoms with van der Waals surface area (Å²) in [5, 5.41) is 27.9. The Hall–Kier alpha value is -0.640. The van der Waals surface area contributed by atoms with Gasteiger partial charge >= 0.3 is 0 Å². The first kappa shape index (κ1) is 12.8. The van der Waals surface area contributed by atoms with E-state index in [0.717, 1.165) is 44.1 Å². The lowest BCUT2D eigenvalue weighted by Crippen LogP contribution is -2.28. The van der Waals surface area contributed by atoms with Gasteiger partial charge in [-0.2, -0.15) is 0 Å².